The van der Waals surface area contributed by atoms with E-state index in [2.05, 4.69) is 0 Å². The van der Waals surface area contributed by atoms with Crippen LogP contribution in [-0.2, 0) is 21.9 Å². The second kappa shape index (κ2) is 12.4. The van der Waals surface area contributed by atoms with Crippen LogP contribution in [0.1, 0.15) is 11.1 Å². The van der Waals surface area contributed by atoms with Crippen molar-refractivity contribution < 1.29 is 46.1 Å². The highest BCUT2D eigenvalue weighted by Gasteiger charge is 2.35. The highest BCUT2D eigenvalue weighted by atomic mass is 32.2. The van der Waals surface area contributed by atoms with Crippen molar-refractivity contribution in [3.05, 3.63) is 96.1 Å². The van der Waals surface area contributed by atoms with E-state index in [0.29, 0.717) is 34.7 Å². The van der Waals surface area contributed by atoms with Gasteiger partial charge in [-0.15, -0.1) is 0 Å². The SMILES string of the molecule is O=C(O)CN(Sc1ccccc1C(F)(F)F)c1ccc(N(CC(=O)O)Sc2ccccc2C(F)(F)F)c2ccccc12. The molecule has 0 aromatic heterocycles. The summed E-state index contributed by atoms with van der Waals surface area (Å²) in [5, 5.41) is 19.8. The maximum atomic E-state index is 13.7. The molecule has 0 saturated carbocycles. The molecule has 4 rings (SSSR count). The maximum Gasteiger partial charge on any atom is 0.417 e. The molecule has 0 fully saturated rings. The fraction of sp³-hybridized carbons (Fsp3) is 0.143. The van der Waals surface area contributed by atoms with Gasteiger partial charge in [0, 0.05) is 20.6 Å². The van der Waals surface area contributed by atoms with E-state index in [-0.39, 0.29) is 21.2 Å². The standard InChI is InChI=1S/C28H20F6N2O4S2/c29-27(30,31)19-9-3-5-11-23(19)41-35(15-25(37)38)21-13-14-22(18-8-2-1-7-17(18)21)36(16-26(39)40)42-24-12-6-4-10-20(24)28(32,33)34/h1-14H,15-16H2,(H,37,38)(H,39,40). The van der Waals surface area contributed by atoms with Gasteiger partial charge in [0.1, 0.15) is 13.1 Å². The van der Waals surface area contributed by atoms with Crippen molar-refractivity contribution >= 4 is 58.0 Å². The Morgan fingerprint density at radius 1 is 0.571 bits per heavy atom. The number of anilines is 2. The molecule has 0 unspecified atom stereocenters. The third-order valence-electron chi connectivity index (χ3n) is 5.78. The number of carboxylic acids is 2. The summed E-state index contributed by atoms with van der Waals surface area (Å²) in [5.41, 5.74) is -1.51. The van der Waals surface area contributed by atoms with E-state index in [9.17, 15) is 46.1 Å². The number of halogens is 6. The van der Waals surface area contributed by atoms with Gasteiger partial charge in [0.15, 0.2) is 0 Å². The van der Waals surface area contributed by atoms with Crippen LogP contribution in [0.3, 0.4) is 0 Å². The Morgan fingerprint density at radius 2 is 0.905 bits per heavy atom. The number of benzene rings is 4. The Bertz CT molecular complexity index is 1500. The summed E-state index contributed by atoms with van der Waals surface area (Å²) in [6.45, 7) is -1.40. The second-order valence-corrected chi connectivity index (χ2v) is 10.8. The zero-order valence-corrected chi connectivity index (χ0v) is 22.8. The fourth-order valence-electron chi connectivity index (χ4n) is 4.08. The van der Waals surface area contributed by atoms with Crippen molar-refractivity contribution in [1.82, 2.24) is 0 Å². The number of hydrogen-bond acceptors (Lipinski definition) is 6. The van der Waals surface area contributed by atoms with Crippen LogP contribution in [0.5, 0.6) is 0 Å². The van der Waals surface area contributed by atoms with Crippen molar-refractivity contribution in [1.29, 1.82) is 0 Å². The fourth-order valence-corrected chi connectivity index (χ4v) is 6.26. The van der Waals surface area contributed by atoms with Crippen LogP contribution >= 0.6 is 23.9 Å². The molecule has 0 bridgehead atoms. The van der Waals surface area contributed by atoms with Crippen LogP contribution in [0.4, 0.5) is 37.7 Å². The van der Waals surface area contributed by atoms with E-state index in [1.807, 2.05) is 0 Å². The van der Waals surface area contributed by atoms with Crippen molar-refractivity contribution in [2.75, 3.05) is 21.7 Å². The average Bonchev–Trinajstić information content (AvgIpc) is 2.90. The van der Waals surface area contributed by atoms with Crippen molar-refractivity contribution in [3.8, 4) is 0 Å². The minimum Gasteiger partial charge on any atom is -0.480 e. The van der Waals surface area contributed by atoms with Gasteiger partial charge in [-0.05, 0) is 60.3 Å². The van der Waals surface area contributed by atoms with E-state index in [4.69, 9.17) is 0 Å². The maximum absolute atomic E-state index is 13.7. The smallest absolute Gasteiger partial charge is 0.417 e. The molecular weight excluding hydrogens is 606 g/mol. The molecule has 0 amide bonds. The van der Waals surface area contributed by atoms with Gasteiger partial charge < -0.3 is 18.8 Å². The molecule has 0 aliphatic rings. The predicted octanol–water partition coefficient (Wildman–Crippen LogP) is 8.07. The number of carbonyl (C=O) groups is 2. The third kappa shape index (κ3) is 7.23. The molecule has 0 radical (unpaired) electrons. The minimum atomic E-state index is -4.70. The molecule has 0 aliphatic carbocycles. The average molecular weight is 627 g/mol. The number of nitrogens with zero attached hydrogens (tertiary/aromatic N) is 2. The summed E-state index contributed by atoms with van der Waals surface area (Å²) < 4.78 is 84.3. The Hall–Kier alpha value is -4.04. The molecule has 42 heavy (non-hydrogen) atoms. The van der Waals surface area contributed by atoms with E-state index in [1.54, 1.807) is 24.3 Å². The van der Waals surface area contributed by atoms with Crippen LogP contribution in [0, 0.1) is 0 Å². The molecule has 220 valence electrons. The van der Waals surface area contributed by atoms with E-state index < -0.39 is 48.5 Å². The number of carboxylic acid groups (broad SMARTS) is 2. The Morgan fingerprint density at radius 3 is 1.24 bits per heavy atom. The normalized spacial score (nSPS) is 11.9. The summed E-state index contributed by atoms with van der Waals surface area (Å²) in [7, 11) is 0. The van der Waals surface area contributed by atoms with Gasteiger partial charge >= 0.3 is 24.3 Å². The molecule has 0 saturated heterocycles. The summed E-state index contributed by atoms with van der Waals surface area (Å²) in [4.78, 5) is 23.0. The molecule has 4 aromatic rings. The molecule has 6 nitrogen and oxygen atoms in total. The van der Waals surface area contributed by atoms with Crippen molar-refractivity contribution in [2.45, 2.75) is 22.1 Å². The van der Waals surface area contributed by atoms with Gasteiger partial charge in [0.25, 0.3) is 0 Å². The number of fused-ring (bicyclic) bond motifs is 1. The Balaban J connectivity index is 1.83. The molecule has 0 spiro atoms. The van der Waals surface area contributed by atoms with Crippen LogP contribution < -0.4 is 8.61 Å². The summed E-state index contributed by atoms with van der Waals surface area (Å²) in [6, 6.07) is 18.5. The van der Waals surface area contributed by atoms with Crippen molar-refractivity contribution in [3.63, 3.8) is 0 Å². The molecule has 2 N–H and O–H groups in total. The lowest BCUT2D eigenvalue weighted by atomic mass is 10.1. The lowest BCUT2D eigenvalue weighted by Gasteiger charge is -2.28. The summed E-state index contributed by atoms with van der Waals surface area (Å²) in [5.74, 6) is -2.65. The van der Waals surface area contributed by atoms with Gasteiger partial charge in [0.2, 0.25) is 0 Å². The monoisotopic (exact) mass is 626 g/mol. The van der Waals surface area contributed by atoms with Gasteiger partial charge in [-0.3, -0.25) is 9.59 Å². The topological polar surface area (TPSA) is 81.1 Å². The van der Waals surface area contributed by atoms with Crippen LogP contribution in [0.2, 0.25) is 0 Å². The van der Waals surface area contributed by atoms with Crippen LogP contribution in [0.25, 0.3) is 10.8 Å². The lowest BCUT2D eigenvalue weighted by Crippen LogP contribution is -2.25. The van der Waals surface area contributed by atoms with Crippen LogP contribution in [-0.4, -0.2) is 35.2 Å². The van der Waals surface area contributed by atoms with Gasteiger partial charge in [0.05, 0.1) is 22.5 Å². The molecular formula is C28H20F6N2O4S2. The van der Waals surface area contributed by atoms with E-state index >= 15 is 0 Å². The zero-order valence-electron chi connectivity index (χ0n) is 21.2. The van der Waals surface area contributed by atoms with Crippen molar-refractivity contribution in [2.24, 2.45) is 0 Å². The number of aliphatic carboxylic acids is 2. The summed E-state index contributed by atoms with van der Waals surface area (Å²) in [6.07, 6.45) is -9.41. The van der Waals surface area contributed by atoms with E-state index in [1.165, 1.54) is 48.5 Å². The second-order valence-electron chi connectivity index (χ2n) is 8.68. The predicted molar refractivity (Wildman–Crippen MR) is 149 cm³/mol. The summed E-state index contributed by atoms with van der Waals surface area (Å²) >= 11 is 1.13. The van der Waals surface area contributed by atoms with Crippen LogP contribution in [0.15, 0.2) is 94.7 Å². The highest BCUT2D eigenvalue weighted by molar-refractivity contribution is 8.01. The number of rotatable bonds is 10. The molecule has 14 heteroatoms. The van der Waals surface area contributed by atoms with Gasteiger partial charge in [-0.2, -0.15) is 26.3 Å². The first-order valence-electron chi connectivity index (χ1n) is 11.9. The quantitative estimate of drug-likeness (QED) is 0.135. The molecule has 0 aliphatic heterocycles. The first kappa shape index (κ1) is 30.9. The lowest BCUT2D eigenvalue weighted by molar-refractivity contribution is -0.140. The highest BCUT2D eigenvalue weighted by Crippen LogP contribution is 2.45. The molecule has 4 aromatic carbocycles. The molecule has 0 atom stereocenters. The largest absolute Gasteiger partial charge is 0.480 e. The minimum absolute atomic E-state index is 0.203. The van der Waals surface area contributed by atoms with E-state index in [0.717, 1.165) is 20.7 Å². The Kier molecular flexibility index (Phi) is 9.16. The number of alkyl halides is 6. The third-order valence-corrected chi connectivity index (χ3v) is 7.97. The Labute approximate surface area is 243 Å². The first-order chi connectivity index (χ1) is 19.8. The van der Waals surface area contributed by atoms with Gasteiger partial charge in [-0.1, -0.05) is 48.5 Å². The van der Waals surface area contributed by atoms with Gasteiger partial charge in [-0.25, -0.2) is 0 Å². The molecule has 0 heterocycles. The zero-order chi connectivity index (χ0) is 30.7. The first-order valence-corrected chi connectivity index (χ1v) is 13.5. The number of hydrogen-bond donors (Lipinski definition) is 2.